The highest BCUT2D eigenvalue weighted by atomic mass is 35.5. The van der Waals surface area contributed by atoms with Crippen LogP contribution < -0.4 is 14.9 Å². The highest BCUT2D eigenvalue weighted by Gasteiger charge is 2.02. The van der Waals surface area contributed by atoms with Crippen molar-refractivity contribution in [1.82, 2.24) is 0 Å². The lowest BCUT2D eigenvalue weighted by atomic mass is 10.2. The summed E-state index contributed by atoms with van der Waals surface area (Å²) in [6, 6.07) is 12.9. The van der Waals surface area contributed by atoms with E-state index in [1.54, 1.807) is 26.5 Å². The summed E-state index contributed by atoms with van der Waals surface area (Å²) in [6.07, 6.45) is 1.70. The lowest BCUT2D eigenvalue weighted by molar-refractivity contribution is 0.355. The van der Waals surface area contributed by atoms with Gasteiger partial charge in [0, 0.05) is 5.02 Å². The molecule has 0 aliphatic heterocycles. The SMILES string of the molecule is COc1ccc(/C=N/Nc2cccc(Cl)c2)cc1OC. The first-order chi connectivity index (χ1) is 9.72. The van der Waals surface area contributed by atoms with Gasteiger partial charge in [-0.15, -0.1) is 0 Å². The molecule has 0 saturated carbocycles. The van der Waals surface area contributed by atoms with Crippen LogP contribution in [0.15, 0.2) is 47.6 Å². The van der Waals surface area contributed by atoms with Crippen LogP contribution in [0.25, 0.3) is 0 Å². The zero-order valence-corrected chi connectivity index (χ0v) is 12.0. The third kappa shape index (κ3) is 3.65. The summed E-state index contributed by atoms with van der Waals surface area (Å²) < 4.78 is 10.4. The maximum absolute atomic E-state index is 5.89. The number of hydrogen-bond donors (Lipinski definition) is 1. The lowest BCUT2D eigenvalue weighted by Crippen LogP contribution is -1.94. The molecule has 0 atom stereocenters. The summed E-state index contributed by atoms with van der Waals surface area (Å²) in [4.78, 5) is 0. The summed E-state index contributed by atoms with van der Waals surface area (Å²) in [6.45, 7) is 0. The van der Waals surface area contributed by atoms with Crippen molar-refractivity contribution in [2.45, 2.75) is 0 Å². The molecule has 0 saturated heterocycles. The van der Waals surface area contributed by atoms with Crippen molar-refractivity contribution in [1.29, 1.82) is 0 Å². The highest BCUT2D eigenvalue weighted by Crippen LogP contribution is 2.26. The van der Waals surface area contributed by atoms with Gasteiger partial charge in [-0.05, 0) is 42.0 Å². The number of benzene rings is 2. The minimum atomic E-state index is 0.663. The monoisotopic (exact) mass is 290 g/mol. The second-order valence-corrected chi connectivity index (χ2v) is 4.43. The first-order valence-corrected chi connectivity index (χ1v) is 6.37. The number of ether oxygens (including phenoxy) is 2. The van der Waals surface area contributed by atoms with Crippen LogP contribution in [0.1, 0.15) is 5.56 Å². The van der Waals surface area contributed by atoms with E-state index in [1.165, 1.54) is 0 Å². The Kier molecular flexibility index (Phi) is 4.85. The molecule has 2 rings (SSSR count). The Morgan fingerprint density at radius 3 is 2.55 bits per heavy atom. The second-order valence-electron chi connectivity index (χ2n) is 3.99. The molecular formula is C15H15ClN2O2. The summed E-state index contributed by atoms with van der Waals surface area (Å²) in [7, 11) is 3.20. The van der Waals surface area contributed by atoms with Crippen LogP contribution >= 0.6 is 11.6 Å². The van der Waals surface area contributed by atoms with Crippen LogP contribution in [0.2, 0.25) is 5.02 Å². The Hall–Kier alpha value is -2.20. The van der Waals surface area contributed by atoms with E-state index >= 15 is 0 Å². The molecule has 0 radical (unpaired) electrons. The molecule has 0 aliphatic carbocycles. The molecule has 20 heavy (non-hydrogen) atoms. The Morgan fingerprint density at radius 2 is 1.85 bits per heavy atom. The van der Waals surface area contributed by atoms with Crippen LogP contribution in [-0.2, 0) is 0 Å². The molecule has 5 heteroatoms. The van der Waals surface area contributed by atoms with E-state index in [2.05, 4.69) is 10.5 Å². The van der Waals surface area contributed by atoms with Gasteiger partial charge in [0.15, 0.2) is 11.5 Å². The maximum Gasteiger partial charge on any atom is 0.161 e. The molecule has 0 amide bonds. The molecule has 2 aromatic carbocycles. The van der Waals surface area contributed by atoms with Crippen LogP contribution in [0.4, 0.5) is 5.69 Å². The van der Waals surface area contributed by atoms with Gasteiger partial charge in [0.1, 0.15) is 0 Å². The van der Waals surface area contributed by atoms with E-state index < -0.39 is 0 Å². The topological polar surface area (TPSA) is 42.8 Å². The van der Waals surface area contributed by atoms with Crippen molar-refractivity contribution in [3.05, 3.63) is 53.1 Å². The van der Waals surface area contributed by atoms with Crippen molar-refractivity contribution in [2.24, 2.45) is 5.10 Å². The molecule has 0 fully saturated rings. The van der Waals surface area contributed by atoms with E-state index in [9.17, 15) is 0 Å². The summed E-state index contributed by atoms with van der Waals surface area (Å²) >= 11 is 5.89. The van der Waals surface area contributed by atoms with E-state index in [1.807, 2.05) is 36.4 Å². The molecule has 0 spiro atoms. The number of anilines is 1. The number of methoxy groups -OCH3 is 2. The van der Waals surface area contributed by atoms with Gasteiger partial charge in [-0.2, -0.15) is 5.10 Å². The predicted octanol–water partition coefficient (Wildman–Crippen LogP) is 3.80. The molecule has 4 nitrogen and oxygen atoms in total. The fraction of sp³-hybridized carbons (Fsp3) is 0.133. The van der Waals surface area contributed by atoms with Crippen molar-refractivity contribution < 1.29 is 9.47 Å². The number of halogens is 1. The fourth-order valence-corrected chi connectivity index (χ4v) is 1.86. The molecule has 104 valence electrons. The van der Waals surface area contributed by atoms with Crippen LogP contribution in [-0.4, -0.2) is 20.4 Å². The van der Waals surface area contributed by atoms with E-state index in [4.69, 9.17) is 21.1 Å². The number of hydrazone groups is 1. The number of nitrogens with zero attached hydrogens (tertiary/aromatic N) is 1. The standard InChI is InChI=1S/C15H15ClN2O2/c1-19-14-7-6-11(8-15(14)20-2)10-17-18-13-5-3-4-12(16)9-13/h3-10,18H,1-2H3/b17-10+. The Bertz CT molecular complexity index is 615. The molecule has 0 aliphatic rings. The van der Waals surface area contributed by atoms with Gasteiger partial charge in [-0.25, -0.2) is 0 Å². The zero-order valence-electron chi connectivity index (χ0n) is 11.3. The van der Waals surface area contributed by atoms with Gasteiger partial charge in [-0.1, -0.05) is 17.7 Å². The maximum atomic E-state index is 5.89. The normalized spacial score (nSPS) is 10.6. The van der Waals surface area contributed by atoms with E-state index in [0.717, 1.165) is 11.3 Å². The Balaban J connectivity index is 2.08. The zero-order chi connectivity index (χ0) is 14.4. The average molecular weight is 291 g/mol. The lowest BCUT2D eigenvalue weighted by Gasteiger charge is -2.07. The molecule has 1 N–H and O–H groups in total. The quantitative estimate of drug-likeness (QED) is 0.673. The van der Waals surface area contributed by atoms with Crippen LogP contribution in [0.5, 0.6) is 11.5 Å². The Morgan fingerprint density at radius 1 is 1.05 bits per heavy atom. The third-order valence-corrected chi connectivity index (χ3v) is 2.87. The van der Waals surface area contributed by atoms with Crippen molar-refractivity contribution >= 4 is 23.5 Å². The number of hydrogen-bond acceptors (Lipinski definition) is 4. The van der Waals surface area contributed by atoms with Crippen LogP contribution in [0, 0.1) is 0 Å². The largest absolute Gasteiger partial charge is 0.493 e. The molecular weight excluding hydrogens is 276 g/mol. The summed E-state index contributed by atoms with van der Waals surface area (Å²) in [5.41, 5.74) is 4.64. The molecule has 0 aromatic heterocycles. The number of nitrogens with one attached hydrogen (secondary N) is 1. The minimum absolute atomic E-state index is 0.663. The molecule has 0 bridgehead atoms. The van der Waals surface area contributed by atoms with Gasteiger partial charge < -0.3 is 9.47 Å². The summed E-state index contributed by atoms with van der Waals surface area (Å²) in [5, 5.41) is 4.82. The second kappa shape index (κ2) is 6.82. The highest BCUT2D eigenvalue weighted by molar-refractivity contribution is 6.30. The first-order valence-electron chi connectivity index (χ1n) is 5.99. The minimum Gasteiger partial charge on any atom is -0.493 e. The van der Waals surface area contributed by atoms with E-state index in [-0.39, 0.29) is 0 Å². The summed E-state index contributed by atoms with van der Waals surface area (Å²) in [5.74, 6) is 1.35. The fourth-order valence-electron chi connectivity index (χ4n) is 1.67. The smallest absolute Gasteiger partial charge is 0.161 e. The molecule has 0 unspecified atom stereocenters. The van der Waals surface area contributed by atoms with Crippen LogP contribution in [0.3, 0.4) is 0 Å². The van der Waals surface area contributed by atoms with Gasteiger partial charge in [0.2, 0.25) is 0 Å². The van der Waals surface area contributed by atoms with E-state index in [0.29, 0.717) is 16.5 Å². The van der Waals surface area contributed by atoms with Gasteiger partial charge in [0.05, 0.1) is 26.1 Å². The third-order valence-electron chi connectivity index (χ3n) is 2.64. The molecule has 0 heterocycles. The first kappa shape index (κ1) is 14.2. The average Bonchev–Trinajstić information content (AvgIpc) is 2.47. The Labute approximate surface area is 123 Å². The van der Waals surface area contributed by atoms with Gasteiger partial charge in [0.25, 0.3) is 0 Å². The predicted molar refractivity (Wildman–Crippen MR) is 82.2 cm³/mol. The van der Waals surface area contributed by atoms with Crippen molar-refractivity contribution in [3.8, 4) is 11.5 Å². The van der Waals surface area contributed by atoms with Crippen molar-refractivity contribution in [3.63, 3.8) is 0 Å². The molecule has 2 aromatic rings. The van der Waals surface area contributed by atoms with Gasteiger partial charge >= 0.3 is 0 Å². The van der Waals surface area contributed by atoms with Gasteiger partial charge in [-0.3, -0.25) is 5.43 Å². The van der Waals surface area contributed by atoms with Crippen molar-refractivity contribution in [2.75, 3.05) is 19.6 Å². The number of rotatable bonds is 5.